The van der Waals surface area contributed by atoms with E-state index in [1.165, 1.54) is 19.3 Å². The van der Waals surface area contributed by atoms with Crippen LogP contribution in [0, 0.1) is 45.3 Å². The zero-order valence-electron chi connectivity index (χ0n) is 23.6. The van der Waals surface area contributed by atoms with E-state index in [0.717, 1.165) is 50.9 Å². The van der Waals surface area contributed by atoms with Crippen LogP contribution in [0.1, 0.15) is 119 Å². The van der Waals surface area contributed by atoms with Gasteiger partial charge in [-0.15, -0.1) is 0 Å². The maximum absolute atomic E-state index is 11.9. The van der Waals surface area contributed by atoms with Crippen LogP contribution in [0.15, 0.2) is 23.3 Å². The first-order chi connectivity index (χ1) is 16.3. The highest BCUT2D eigenvalue weighted by molar-refractivity contribution is 5.67. The second kappa shape index (κ2) is 9.34. The maximum atomic E-state index is 11.9. The molecule has 3 heteroatoms. The smallest absolute Gasteiger partial charge is 0.303 e. The van der Waals surface area contributed by atoms with Gasteiger partial charge in [-0.2, -0.15) is 0 Å². The molecule has 0 amide bonds. The fraction of sp³-hybridized carbons (Fsp3) is 0.844. The molecule has 35 heavy (non-hydrogen) atoms. The van der Waals surface area contributed by atoms with E-state index in [0.29, 0.717) is 17.8 Å². The Labute approximate surface area is 214 Å². The van der Waals surface area contributed by atoms with Crippen LogP contribution >= 0.6 is 0 Å². The van der Waals surface area contributed by atoms with Crippen molar-refractivity contribution in [3.8, 4) is 0 Å². The predicted molar refractivity (Wildman–Crippen MR) is 144 cm³/mol. The number of allylic oxidation sites excluding steroid dienone is 4. The number of aliphatic hydroxyl groups excluding tert-OH is 1. The molecule has 1 saturated carbocycles. The summed E-state index contributed by atoms with van der Waals surface area (Å²) < 4.78 is 0. The number of carbonyl (C=O) groups is 1. The number of aliphatic carboxylic acids is 1. The van der Waals surface area contributed by atoms with Gasteiger partial charge in [0.15, 0.2) is 0 Å². The molecule has 1 unspecified atom stereocenters. The molecule has 3 nitrogen and oxygen atoms in total. The van der Waals surface area contributed by atoms with E-state index in [-0.39, 0.29) is 34.2 Å². The van der Waals surface area contributed by atoms with Crippen molar-refractivity contribution in [2.45, 2.75) is 125 Å². The minimum atomic E-state index is -0.668. The molecule has 4 rings (SSSR count). The van der Waals surface area contributed by atoms with Crippen LogP contribution in [0.5, 0.6) is 0 Å². The molecular weight excluding hydrogens is 432 g/mol. The summed E-state index contributed by atoms with van der Waals surface area (Å²) in [5, 5.41) is 20.6. The van der Waals surface area contributed by atoms with Gasteiger partial charge in [0.05, 0.1) is 6.10 Å². The van der Waals surface area contributed by atoms with Crippen LogP contribution in [-0.4, -0.2) is 22.3 Å². The quantitative estimate of drug-likeness (QED) is 0.341. The molecule has 0 aliphatic heterocycles. The van der Waals surface area contributed by atoms with E-state index in [1.54, 1.807) is 11.1 Å². The summed E-state index contributed by atoms with van der Waals surface area (Å²) >= 11 is 0. The van der Waals surface area contributed by atoms with Crippen LogP contribution in [-0.2, 0) is 4.79 Å². The minimum absolute atomic E-state index is 0.0700. The molecule has 0 aromatic heterocycles. The molecule has 198 valence electrons. The molecule has 1 fully saturated rings. The molecule has 4 aliphatic rings. The van der Waals surface area contributed by atoms with Gasteiger partial charge in [0.1, 0.15) is 0 Å². The molecule has 7 atom stereocenters. The normalized spacial score (nSPS) is 40.9. The van der Waals surface area contributed by atoms with Crippen LogP contribution in [0.2, 0.25) is 0 Å². The highest BCUT2D eigenvalue weighted by Crippen LogP contribution is 2.71. The maximum Gasteiger partial charge on any atom is 0.303 e. The summed E-state index contributed by atoms with van der Waals surface area (Å²) in [6.45, 7) is 16.6. The summed E-state index contributed by atoms with van der Waals surface area (Å²) in [6.07, 6.45) is 16.0. The van der Waals surface area contributed by atoms with Crippen molar-refractivity contribution in [3.05, 3.63) is 23.3 Å². The highest BCUT2D eigenvalue weighted by Gasteiger charge is 2.63. The van der Waals surface area contributed by atoms with Gasteiger partial charge < -0.3 is 10.2 Å². The Kier molecular flexibility index (Phi) is 7.19. The number of rotatable bonds is 8. The third-order valence-electron chi connectivity index (χ3n) is 11.8. The summed E-state index contributed by atoms with van der Waals surface area (Å²) in [5.41, 5.74) is 3.29. The number of fused-ring (bicyclic) bond motifs is 4. The molecule has 2 N–H and O–H groups in total. The van der Waals surface area contributed by atoms with Crippen LogP contribution in [0.4, 0.5) is 0 Å². The third-order valence-corrected chi connectivity index (χ3v) is 11.8. The Morgan fingerprint density at radius 3 is 2.40 bits per heavy atom. The number of aliphatic hydroxyl groups is 1. The van der Waals surface area contributed by atoms with Crippen LogP contribution in [0.3, 0.4) is 0 Å². The van der Waals surface area contributed by atoms with Crippen molar-refractivity contribution in [2.24, 2.45) is 45.3 Å². The topological polar surface area (TPSA) is 57.5 Å². The number of carboxylic acids is 1. The number of hydrogen-bond donors (Lipinski definition) is 2. The summed E-state index contributed by atoms with van der Waals surface area (Å²) in [6, 6.07) is 0. The largest absolute Gasteiger partial charge is 0.481 e. The van der Waals surface area contributed by atoms with Crippen molar-refractivity contribution in [1.29, 1.82) is 0 Å². The molecule has 0 saturated heterocycles. The molecule has 0 aromatic rings. The Morgan fingerprint density at radius 1 is 1.03 bits per heavy atom. The van der Waals surface area contributed by atoms with Gasteiger partial charge in [0.25, 0.3) is 0 Å². The molecule has 4 aliphatic carbocycles. The fourth-order valence-corrected chi connectivity index (χ4v) is 9.66. The van der Waals surface area contributed by atoms with E-state index >= 15 is 0 Å². The van der Waals surface area contributed by atoms with Gasteiger partial charge in [0.2, 0.25) is 0 Å². The van der Waals surface area contributed by atoms with E-state index in [2.05, 4.69) is 60.6 Å². The van der Waals surface area contributed by atoms with Gasteiger partial charge in [-0.3, -0.25) is 4.79 Å². The molecule has 0 radical (unpaired) electrons. The SMILES string of the molecule is CC(C)CCC[C@@H](C)[C@H]1C=C[C@@]2(CCC(=O)O)C3=C(CC[C@]12C)[C@@]1(C)CC[C@H](O)C(C)(C)C1CC3. The molecular formula is C32H52O3. The summed E-state index contributed by atoms with van der Waals surface area (Å²) in [5.74, 6) is 1.72. The second-order valence-corrected chi connectivity index (χ2v) is 14.3. The molecule has 0 heterocycles. The lowest BCUT2D eigenvalue weighted by molar-refractivity contribution is -0.138. The van der Waals surface area contributed by atoms with E-state index in [4.69, 9.17) is 0 Å². The zero-order valence-corrected chi connectivity index (χ0v) is 23.6. The molecule has 0 spiro atoms. The van der Waals surface area contributed by atoms with E-state index in [1.807, 2.05) is 0 Å². The Morgan fingerprint density at radius 2 is 1.74 bits per heavy atom. The molecule has 0 aromatic carbocycles. The average molecular weight is 485 g/mol. The van der Waals surface area contributed by atoms with Crippen LogP contribution in [0.25, 0.3) is 0 Å². The summed E-state index contributed by atoms with van der Waals surface area (Å²) in [4.78, 5) is 11.9. The molecule has 0 bridgehead atoms. The monoisotopic (exact) mass is 484 g/mol. The van der Waals surface area contributed by atoms with Crippen LogP contribution < -0.4 is 0 Å². The highest BCUT2D eigenvalue weighted by atomic mass is 16.4. The van der Waals surface area contributed by atoms with Gasteiger partial charge in [-0.1, -0.05) is 91.0 Å². The number of hydrogen-bond acceptors (Lipinski definition) is 2. The third kappa shape index (κ3) is 4.16. The predicted octanol–water partition coefficient (Wildman–Crippen LogP) is 8.18. The van der Waals surface area contributed by atoms with Gasteiger partial charge in [-0.05, 0) is 84.9 Å². The average Bonchev–Trinajstić information content (AvgIpc) is 3.08. The second-order valence-electron chi connectivity index (χ2n) is 14.3. The van der Waals surface area contributed by atoms with Gasteiger partial charge >= 0.3 is 5.97 Å². The Hall–Kier alpha value is -1.09. The van der Waals surface area contributed by atoms with Crippen molar-refractivity contribution in [2.75, 3.05) is 0 Å². The Bertz CT molecular complexity index is 881. The number of carboxylic acid groups (broad SMARTS) is 1. The van der Waals surface area contributed by atoms with Crippen molar-refractivity contribution >= 4 is 5.97 Å². The van der Waals surface area contributed by atoms with Gasteiger partial charge in [-0.25, -0.2) is 0 Å². The standard InChI is InChI=1S/C32H52O3/c1-21(2)9-8-10-22(3)23-14-19-32(20-16-28(34)35)25-11-12-26-29(4,5)27(33)15-17-30(26,6)24(25)13-18-31(23,32)7/h14,19,21-23,26-27,33H,8-13,15-18,20H2,1-7H3,(H,34,35)/t22-,23-,26?,27+,30-,31-,32-/m1/s1. The van der Waals surface area contributed by atoms with Gasteiger partial charge in [0, 0.05) is 11.8 Å². The first-order valence-electron chi connectivity index (χ1n) is 14.6. The van der Waals surface area contributed by atoms with Crippen molar-refractivity contribution < 1.29 is 15.0 Å². The van der Waals surface area contributed by atoms with E-state index in [9.17, 15) is 15.0 Å². The summed E-state index contributed by atoms with van der Waals surface area (Å²) in [7, 11) is 0. The van der Waals surface area contributed by atoms with Crippen molar-refractivity contribution in [3.63, 3.8) is 0 Å². The lowest BCUT2D eigenvalue weighted by atomic mass is 9.42. The Balaban J connectivity index is 1.73. The first kappa shape index (κ1) is 27.0. The fourth-order valence-electron chi connectivity index (χ4n) is 9.66. The first-order valence-corrected chi connectivity index (χ1v) is 14.6. The zero-order chi connectivity index (χ0) is 25.8. The lowest BCUT2D eigenvalue weighted by Gasteiger charge is -2.62. The minimum Gasteiger partial charge on any atom is -0.481 e. The van der Waals surface area contributed by atoms with E-state index < -0.39 is 5.97 Å². The lowest BCUT2D eigenvalue weighted by Crippen LogP contribution is -2.55. The van der Waals surface area contributed by atoms with Crippen molar-refractivity contribution in [1.82, 2.24) is 0 Å².